The number of H-pyrrole nitrogens is 1. The number of nitrogens with two attached hydrogens (primary N) is 1. The lowest BCUT2D eigenvalue weighted by atomic mass is 11.0. The van der Waals surface area contributed by atoms with E-state index in [4.69, 9.17) is 5.84 Å². The average Bonchev–Trinajstić information content (AvgIpc) is 2.38. The van der Waals surface area contributed by atoms with E-state index in [-0.39, 0.29) is 5.16 Å². The molecule has 0 radical (unpaired) electrons. The molecular weight excluding hydrogens is 156 g/mol. The standard InChI is InChI=1S/C3H6N4O2S/c4-7-10(8,9)3-5-1-2-6-3/h1-2,7H,4H2,(H,5,6). The first-order valence-electron chi connectivity index (χ1n) is 2.38. The number of imidazole rings is 1. The van der Waals surface area contributed by atoms with Crippen LogP contribution in [0.2, 0.25) is 0 Å². The summed E-state index contributed by atoms with van der Waals surface area (Å²) >= 11 is 0. The predicted octanol–water partition coefficient (Wildman–Crippen LogP) is -1.44. The van der Waals surface area contributed by atoms with E-state index in [1.165, 1.54) is 12.4 Å². The van der Waals surface area contributed by atoms with Crippen molar-refractivity contribution in [3.63, 3.8) is 0 Å². The van der Waals surface area contributed by atoms with Gasteiger partial charge in [-0.25, -0.2) is 13.4 Å². The summed E-state index contributed by atoms with van der Waals surface area (Å²) in [4.78, 5) is 7.48. The molecule has 1 aromatic rings. The normalized spacial score (nSPS) is 11.7. The summed E-state index contributed by atoms with van der Waals surface area (Å²) in [6, 6.07) is 0. The predicted molar refractivity (Wildman–Crippen MR) is 33.1 cm³/mol. The molecule has 0 aliphatic carbocycles. The van der Waals surface area contributed by atoms with Gasteiger partial charge < -0.3 is 4.98 Å². The quantitative estimate of drug-likeness (QED) is 0.366. The van der Waals surface area contributed by atoms with Gasteiger partial charge in [0, 0.05) is 12.4 Å². The number of aromatic amines is 1. The molecule has 0 atom stereocenters. The van der Waals surface area contributed by atoms with Crippen LogP contribution in [0.15, 0.2) is 17.6 Å². The molecular formula is C3H6N4O2S. The third-order valence-electron chi connectivity index (χ3n) is 0.883. The highest BCUT2D eigenvalue weighted by molar-refractivity contribution is 7.89. The Hall–Kier alpha value is -0.920. The number of hydrazine groups is 1. The number of aromatic nitrogens is 2. The largest absolute Gasteiger partial charge is 0.334 e. The minimum Gasteiger partial charge on any atom is -0.334 e. The van der Waals surface area contributed by atoms with Crippen LogP contribution in [0.3, 0.4) is 0 Å². The second kappa shape index (κ2) is 2.37. The van der Waals surface area contributed by atoms with Crippen molar-refractivity contribution in [2.45, 2.75) is 5.16 Å². The van der Waals surface area contributed by atoms with E-state index in [1.54, 1.807) is 4.83 Å². The fraction of sp³-hybridized carbons (Fsp3) is 0. The molecule has 1 heterocycles. The summed E-state index contributed by atoms with van der Waals surface area (Å²) in [5.74, 6) is 4.70. The molecule has 10 heavy (non-hydrogen) atoms. The van der Waals surface area contributed by atoms with Gasteiger partial charge in [-0.05, 0) is 0 Å². The maximum atomic E-state index is 10.7. The van der Waals surface area contributed by atoms with Gasteiger partial charge in [0.2, 0.25) is 5.16 Å². The first-order chi connectivity index (χ1) is 4.67. The third kappa shape index (κ3) is 1.15. The number of sulfonamides is 1. The van der Waals surface area contributed by atoms with Crippen LogP contribution in [0.1, 0.15) is 0 Å². The molecule has 0 aromatic carbocycles. The third-order valence-corrected chi connectivity index (χ3v) is 1.93. The van der Waals surface area contributed by atoms with Crippen LogP contribution in [-0.2, 0) is 10.0 Å². The van der Waals surface area contributed by atoms with Crippen LogP contribution < -0.4 is 10.7 Å². The van der Waals surface area contributed by atoms with Crippen LogP contribution in [0.25, 0.3) is 0 Å². The van der Waals surface area contributed by atoms with Crippen LogP contribution >= 0.6 is 0 Å². The maximum absolute atomic E-state index is 10.7. The molecule has 1 rings (SSSR count). The molecule has 6 nitrogen and oxygen atoms in total. The molecule has 56 valence electrons. The first kappa shape index (κ1) is 7.19. The van der Waals surface area contributed by atoms with Crippen molar-refractivity contribution in [1.82, 2.24) is 14.8 Å². The van der Waals surface area contributed by atoms with Crippen LogP contribution in [0.4, 0.5) is 0 Å². The minimum atomic E-state index is -3.59. The summed E-state index contributed by atoms with van der Waals surface area (Å²) in [5.41, 5.74) is 0. The van der Waals surface area contributed by atoms with Gasteiger partial charge in [-0.15, -0.1) is 4.83 Å². The fourth-order valence-electron chi connectivity index (χ4n) is 0.454. The van der Waals surface area contributed by atoms with E-state index in [9.17, 15) is 8.42 Å². The van der Waals surface area contributed by atoms with Gasteiger partial charge in [-0.1, -0.05) is 0 Å². The zero-order chi connectivity index (χ0) is 7.61. The van der Waals surface area contributed by atoms with E-state index in [1.807, 2.05) is 0 Å². The summed E-state index contributed by atoms with van der Waals surface area (Å²) < 4.78 is 21.5. The number of rotatable bonds is 2. The Kier molecular flexibility index (Phi) is 1.70. The van der Waals surface area contributed by atoms with Gasteiger partial charge in [0.05, 0.1) is 0 Å². The number of hydrogen-bond donors (Lipinski definition) is 3. The first-order valence-corrected chi connectivity index (χ1v) is 3.87. The molecule has 1 aromatic heterocycles. The summed E-state index contributed by atoms with van der Waals surface area (Å²) in [7, 11) is -3.59. The van der Waals surface area contributed by atoms with Crippen molar-refractivity contribution in [3.05, 3.63) is 12.4 Å². The van der Waals surface area contributed by atoms with Gasteiger partial charge in [0.1, 0.15) is 0 Å². The molecule has 0 aliphatic heterocycles. The molecule has 0 saturated heterocycles. The lowest BCUT2D eigenvalue weighted by Gasteiger charge is -1.94. The number of hydrogen-bond acceptors (Lipinski definition) is 4. The van der Waals surface area contributed by atoms with Crippen molar-refractivity contribution < 1.29 is 8.42 Å². The Morgan fingerprint density at radius 3 is 2.80 bits per heavy atom. The van der Waals surface area contributed by atoms with E-state index in [0.29, 0.717) is 0 Å². The second-order valence-electron chi connectivity index (χ2n) is 1.52. The summed E-state index contributed by atoms with van der Waals surface area (Å²) in [5, 5.41) is -0.185. The molecule has 0 aliphatic rings. The minimum absolute atomic E-state index is 0.185. The molecule has 0 fully saturated rings. The highest BCUT2D eigenvalue weighted by Crippen LogP contribution is 1.95. The van der Waals surface area contributed by atoms with Crippen molar-refractivity contribution in [1.29, 1.82) is 0 Å². The molecule has 7 heteroatoms. The monoisotopic (exact) mass is 162 g/mol. The zero-order valence-corrected chi connectivity index (χ0v) is 5.72. The van der Waals surface area contributed by atoms with Gasteiger partial charge in [0.15, 0.2) is 0 Å². The number of nitrogens with one attached hydrogen (secondary N) is 2. The molecule has 0 spiro atoms. The average molecular weight is 162 g/mol. The molecule has 0 unspecified atom stereocenters. The van der Waals surface area contributed by atoms with Gasteiger partial charge >= 0.3 is 0 Å². The lowest BCUT2D eigenvalue weighted by molar-refractivity contribution is 0.576. The summed E-state index contributed by atoms with van der Waals surface area (Å²) in [6.45, 7) is 0. The van der Waals surface area contributed by atoms with Crippen molar-refractivity contribution in [2.75, 3.05) is 0 Å². The van der Waals surface area contributed by atoms with E-state index in [0.717, 1.165) is 0 Å². The lowest BCUT2D eigenvalue weighted by Crippen LogP contribution is -2.30. The van der Waals surface area contributed by atoms with Crippen molar-refractivity contribution >= 4 is 10.0 Å². The second-order valence-corrected chi connectivity index (χ2v) is 3.14. The van der Waals surface area contributed by atoms with Crippen molar-refractivity contribution in [2.24, 2.45) is 5.84 Å². The van der Waals surface area contributed by atoms with Crippen LogP contribution in [0, 0.1) is 0 Å². The molecule has 0 saturated carbocycles. The highest BCUT2D eigenvalue weighted by atomic mass is 32.2. The van der Waals surface area contributed by atoms with Crippen LogP contribution in [0.5, 0.6) is 0 Å². The SMILES string of the molecule is NNS(=O)(=O)c1ncc[nH]1. The topological polar surface area (TPSA) is 101 Å². The molecule has 4 N–H and O–H groups in total. The Morgan fingerprint density at radius 2 is 2.40 bits per heavy atom. The molecule has 0 bridgehead atoms. The molecule has 0 amide bonds. The maximum Gasteiger partial charge on any atom is 0.286 e. The Morgan fingerprint density at radius 1 is 1.70 bits per heavy atom. The Bertz CT molecular complexity index is 288. The highest BCUT2D eigenvalue weighted by Gasteiger charge is 2.12. The smallest absolute Gasteiger partial charge is 0.286 e. The van der Waals surface area contributed by atoms with E-state index < -0.39 is 10.0 Å². The van der Waals surface area contributed by atoms with Gasteiger partial charge in [0.25, 0.3) is 10.0 Å². The van der Waals surface area contributed by atoms with E-state index in [2.05, 4.69) is 9.97 Å². The van der Waals surface area contributed by atoms with Crippen LogP contribution in [-0.4, -0.2) is 18.4 Å². The zero-order valence-electron chi connectivity index (χ0n) is 4.90. The van der Waals surface area contributed by atoms with E-state index >= 15 is 0 Å². The van der Waals surface area contributed by atoms with Gasteiger partial charge in [-0.3, -0.25) is 5.84 Å². The number of nitrogens with zero attached hydrogens (tertiary/aromatic N) is 1. The Labute approximate surface area is 57.5 Å². The van der Waals surface area contributed by atoms with Gasteiger partial charge in [-0.2, -0.15) is 0 Å². The summed E-state index contributed by atoms with van der Waals surface area (Å²) in [6.07, 6.45) is 2.72. The van der Waals surface area contributed by atoms with Crippen molar-refractivity contribution in [3.8, 4) is 0 Å². The Balaban J connectivity index is 3.09. The fourth-order valence-corrected chi connectivity index (χ4v) is 0.988.